The Bertz CT molecular complexity index is 2350. The molecule has 2 amide bonds. The van der Waals surface area contributed by atoms with Gasteiger partial charge in [-0.1, -0.05) is 23.5 Å². The highest BCUT2D eigenvalue weighted by Gasteiger charge is 2.16. The van der Waals surface area contributed by atoms with Gasteiger partial charge in [0.05, 0.1) is 52.3 Å². The van der Waals surface area contributed by atoms with Crippen LogP contribution in [-0.2, 0) is 9.59 Å². The Morgan fingerprint density at radius 1 is 0.720 bits per heavy atom. The van der Waals surface area contributed by atoms with Crippen molar-refractivity contribution in [2.45, 2.75) is 24.2 Å². The number of thioether (sulfide) groups is 2. The van der Waals surface area contributed by atoms with Crippen LogP contribution in [0.4, 0.5) is 11.4 Å². The average Bonchev–Trinajstić information content (AvgIpc) is 3.82. The normalized spacial score (nSPS) is 11.3. The molecule has 15 heteroatoms. The third kappa shape index (κ3) is 7.48. The first kappa shape index (κ1) is 32.9. The lowest BCUT2D eigenvalue weighted by atomic mass is 10.2. The Hall–Kier alpha value is -5.67. The number of hydrogen-bond acceptors (Lipinski definition) is 11. The smallest absolute Gasteiger partial charge is 0.234 e. The van der Waals surface area contributed by atoms with E-state index in [2.05, 4.69) is 35.6 Å². The highest BCUT2D eigenvalue weighted by atomic mass is 32.2. The lowest BCUT2D eigenvalue weighted by Gasteiger charge is -2.07. The van der Waals surface area contributed by atoms with E-state index in [0.29, 0.717) is 51.6 Å². The van der Waals surface area contributed by atoms with E-state index in [1.165, 1.54) is 29.6 Å². The van der Waals surface area contributed by atoms with Gasteiger partial charge < -0.3 is 39.6 Å². The van der Waals surface area contributed by atoms with Gasteiger partial charge in [-0.05, 0) is 68.4 Å². The number of phenols is 1. The molecule has 3 aromatic heterocycles. The third-order valence-electron chi connectivity index (χ3n) is 7.35. The van der Waals surface area contributed by atoms with Crippen LogP contribution in [0.1, 0.15) is 13.8 Å². The zero-order valence-electron chi connectivity index (χ0n) is 26.9. The molecule has 13 nitrogen and oxygen atoms in total. The standard InChI is InChI=1S/C35H31N7O6S2/c1-3-46-21-7-10-24-26(15-21)41-34(39-24)49-17-31(44)36-19-6-12-30-28(13-19)38-33(48-30)23-9-5-20(14-29(23)43)37-32(45)18-50-35-40-25-11-8-22(47-4-2)16-27(25)42-35/h5-16,43H,3-4,17-18H2,1-2H3,(H,36,44)(H,37,45)(H,39,41)(H,40,42). The molecular weight excluding hydrogens is 679 g/mol. The Kier molecular flexibility index (Phi) is 9.49. The van der Waals surface area contributed by atoms with Crippen LogP contribution in [0.2, 0.25) is 0 Å². The van der Waals surface area contributed by atoms with E-state index in [4.69, 9.17) is 13.9 Å². The number of oxazole rings is 1. The molecule has 7 aromatic rings. The van der Waals surface area contributed by atoms with Crippen molar-refractivity contribution in [3.8, 4) is 28.7 Å². The number of aromatic nitrogens is 5. The van der Waals surface area contributed by atoms with Crippen molar-refractivity contribution in [2.24, 2.45) is 0 Å². The number of ether oxygens (including phenoxy) is 2. The predicted octanol–water partition coefficient (Wildman–Crippen LogP) is 7.21. The Balaban J connectivity index is 0.940. The molecule has 0 saturated heterocycles. The highest BCUT2D eigenvalue weighted by Crippen LogP contribution is 2.34. The van der Waals surface area contributed by atoms with E-state index in [1.807, 2.05) is 50.2 Å². The molecule has 0 atom stereocenters. The Labute approximate surface area is 293 Å². The SMILES string of the molecule is CCOc1ccc2nc(SCC(=O)Nc3ccc(-c4nc5cc(NC(=O)CSc6nc7ccc(OCC)cc7[nH]6)ccc5o4)c(O)c3)[nH]c2c1. The Morgan fingerprint density at radius 3 is 1.84 bits per heavy atom. The van der Waals surface area contributed by atoms with Crippen LogP contribution in [0.3, 0.4) is 0 Å². The number of anilines is 2. The second-order valence-corrected chi connectivity index (χ2v) is 12.8. The summed E-state index contributed by atoms with van der Waals surface area (Å²) in [6, 6.07) is 21.0. The summed E-state index contributed by atoms with van der Waals surface area (Å²) in [5.74, 6) is 1.36. The predicted molar refractivity (Wildman–Crippen MR) is 194 cm³/mol. The number of hydrogen-bond donors (Lipinski definition) is 5. The molecule has 7 rings (SSSR count). The maximum Gasteiger partial charge on any atom is 0.234 e. The number of benzene rings is 4. The van der Waals surface area contributed by atoms with Gasteiger partial charge >= 0.3 is 0 Å². The summed E-state index contributed by atoms with van der Waals surface area (Å²) in [6.45, 7) is 4.99. The summed E-state index contributed by atoms with van der Waals surface area (Å²) in [7, 11) is 0. The van der Waals surface area contributed by atoms with Crippen molar-refractivity contribution < 1.29 is 28.6 Å². The molecule has 0 aliphatic heterocycles. The molecule has 0 unspecified atom stereocenters. The average molecular weight is 710 g/mol. The van der Waals surface area contributed by atoms with Gasteiger partial charge in [-0.15, -0.1) is 0 Å². The van der Waals surface area contributed by atoms with Gasteiger partial charge in [0, 0.05) is 29.6 Å². The number of carbonyl (C=O) groups excluding carboxylic acids is 2. The molecular formula is C35H31N7O6S2. The summed E-state index contributed by atoms with van der Waals surface area (Å²) in [4.78, 5) is 45.4. The number of nitrogens with one attached hydrogen (secondary N) is 4. The quantitative estimate of drug-likeness (QED) is 0.0764. The maximum absolute atomic E-state index is 12.7. The number of amides is 2. The highest BCUT2D eigenvalue weighted by molar-refractivity contribution is 8.00. The minimum atomic E-state index is -0.263. The van der Waals surface area contributed by atoms with Crippen molar-refractivity contribution in [2.75, 3.05) is 35.4 Å². The van der Waals surface area contributed by atoms with Crippen molar-refractivity contribution >= 4 is 79.9 Å². The molecule has 0 aliphatic carbocycles. The van der Waals surface area contributed by atoms with E-state index in [9.17, 15) is 14.7 Å². The summed E-state index contributed by atoms with van der Waals surface area (Å²) in [5, 5.41) is 17.7. The van der Waals surface area contributed by atoms with Crippen LogP contribution in [0.5, 0.6) is 17.2 Å². The fraction of sp³-hybridized carbons (Fsp3) is 0.171. The zero-order valence-corrected chi connectivity index (χ0v) is 28.5. The van der Waals surface area contributed by atoms with Crippen LogP contribution in [-0.4, -0.2) is 66.6 Å². The molecule has 0 saturated carbocycles. The summed E-state index contributed by atoms with van der Waals surface area (Å²) < 4.78 is 17.0. The van der Waals surface area contributed by atoms with E-state index in [1.54, 1.807) is 30.3 Å². The zero-order chi connectivity index (χ0) is 34.6. The van der Waals surface area contributed by atoms with Crippen LogP contribution in [0.15, 0.2) is 87.5 Å². The van der Waals surface area contributed by atoms with E-state index in [0.717, 1.165) is 33.6 Å². The summed E-state index contributed by atoms with van der Waals surface area (Å²) in [5.41, 5.74) is 5.53. The van der Waals surface area contributed by atoms with Crippen LogP contribution < -0.4 is 20.1 Å². The minimum absolute atomic E-state index is 0.110. The first-order chi connectivity index (χ1) is 24.3. The number of phenolic OH excluding ortho intramolecular Hbond substituents is 1. The molecule has 254 valence electrons. The van der Waals surface area contributed by atoms with E-state index >= 15 is 0 Å². The van der Waals surface area contributed by atoms with Gasteiger partial charge in [-0.25, -0.2) is 15.0 Å². The fourth-order valence-corrected chi connectivity index (χ4v) is 6.52. The largest absolute Gasteiger partial charge is 0.507 e. The number of H-pyrrole nitrogens is 2. The van der Waals surface area contributed by atoms with E-state index in [-0.39, 0.29) is 35.0 Å². The van der Waals surface area contributed by atoms with Gasteiger partial charge in [0.25, 0.3) is 0 Å². The Morgan fingerprint density at radius 2 is 1.28 bits per heavy atom. The van der Waals surface area contributed by atoms with Gasteiger partial charge in [-0.2, -0.15) is 0 Å². The first-order valence-corrected chi connectivity index (χ1v) is 17.6. The van der Waals surface area contributed by atoms with Gasteiger partial charge in [0.2, 0.25) is 17.7 Å². The number of imidazole rings is 2. The molecule has 0 bridgehead atoms. The number of rotatable bonds is 13. The fourth-order valence-electron chi connectivity index (χ4n) is 5.15. The lowest BCUT2D eigenvalue weighted by molar-refractivity contribution is -0.114. The maximum atomic E-state index is 12.7. The topological polar surface area (TPSA) is 180 Å². The molecule has 0 fully saturated rings. The van der Waals surface area contributed by atoms with E-state index < -0.39 is 0 Å². The minimum Gasteiger partial charge on any atom is -0.507 e. The molecule has 0 aliphatic rings. The number of nitrogens with zero attached hydrogens (tertiary/aromatic N) is 3. The van der Waals surface area contributed by atoms with Crippen molar-refractivity contribution in [1.29, 1.82) is 0 Å². The second-order valence-electron chi connectivity index (χ2n) is 10.9. The molecule has 4 aromatic carbocycles. The van der Waals surface area contributed by atoms with Gasteiger partial charge in [0.15, 0.2) is 15.9 Å². The molecule has 0 spiro atoms. The number of carbonyl (C=O) groups is 2. The molecule has 50 heavy (non-hydrogen) atoms. The summed E-state index contributed by atoms with van der Waals surface area (Å²) in [6.07, 6.45) is 0. The first-order valence-electron chi connectivity index (χ1n) is 15.7. The van der Waals surface area contributed by atoms with Crippen molar-refractivity contribution in [1.82, 2.24) is 24.9 Å². The van der Waals surface area contributed by atoms with Crippen LogP contribution in [0.25, 0.3) is 44.6 Å². The number of aromatic hydroxyl groups is 1. The molecule has 3 heterocycles. The lowest BCUT2D eigenvalue weighted by Crippen LogP contribution is -2.14. The monoisotopic (exact) mass is 709 g/mol. The molecule has 5 N–H and O–H groups in total. The van der Waals surface area contributed by atoms with Crippen LogP contribution in [0, 0.1) is 0 Å². The van der Waals surface area contributed by atoms with Crippen molar-refractivity contribution in [3.05, 3.63) is 72.8 Å². The van der Waals surface area contributed by atoms with Crippen molar-refractivity contribution in [3.63, 3.8) is 0 Å². The van der Waals surface area contributed by atoms with Gasteiger partial charge in [0.1, 0.15) is 22.8 Å². The van der Waals surface area contributed by atoms with Gasteiger partial charge in [-0.3, -0.25) is 9.59 Å². The van der Waals surface area contributed by atoms with Crippen LogP contribution >= 0.6 is 23.5 Å². The number of aromatic amines is 2. The molecule has 0 radical (unpaired) electrons. The summed E-state index contributed by atoms with van der Waals surface area (Å²) >= 11 is 2.56. The second kappa shape index (κ2) is 14.4. The number of fused-ring (bicyclic) bond motifs is 3. The third-order valence-corrected chi connectivity index (χ3v) is 9.10.